The molecule has 88 valence electrons. The first-order valence-corrected chi connectivity index (χ1v) is 4.62. The summed E-state index contributed by atoms with van der Waals surface area (Å²) in [6, 6.07) is 0. The van der Waals surface area contributed by atoms with E-state index in [1.165, 1.54) is 6.33 Å². The van der Waals surface area contributed by atoms with Crippen LogP contribution in [0.3, 0.4) is 0 Å². The molecule has 2 aromatic heterocycles. The van der Waals surface area contributed by atoms with Crippen LogP contribution in [0.5, 0.6) is 0 Å². The van der Waals surface area contributed by atoms with Gasteiger partial charge >= 0.3 is 0 Å². The van der Waals surface area contributed by atoms with Crippen LogP contribution in [0.2, 0.25) is 0 Å². The van der Waals surface area contributed by atoms with Gasteiger partial charge in [0.2, 0.25) is 11.7 Å². The first kappa shape index (κ1) is 11.0. The molecule has 0 radical (unpaired) electrons. The van der Waals surface area contributed by atoms with E-state index in [-0.39, 0.29) is 23.8 Å². The predicted octanol–water partition coefficient (Wildman–Crippen LogP) is -1.85. The molecule has 2 aromatic rings. The van der Waals surface area contributed by atoms with E-state index >= 15 is 0 Å². The van der Waals surface area contributed by atoms with E-state index in [0.29, 0.717) is 5.52 Å². The van der Waals surface area contributed by atoms with Crippen LogP contribution in [-0.2, 0) is 4.79 Å². The second-order valence-corrected chi connectivity index (χ2v) is 3.12. The monoisotopic (exact) mass is 235 g/mol. The fraction of sp³-hybridized carbons (Fsp3) is 0.125. The van der Waals surface area contributed by atoms with Crippen molar-refractivity contribution in [1.82, 2.24) is 25.3 Å². The molecule has 0 saturated carbocycles. The zero-order chi connectivity index (χ0) is 12.4. The summed E-state index contributed by atoms with van der Waals surface area (Å²) in [6.07, 6.45) is 1.38. The number of nitrogens with zero attached hydrogens (tertiary/aromatic N) is 3. The Balaban J connectivity index is 2.35. The largest absolute Gasteiger partial charge is 0.382 e. The number of nitrogen functional groups attached to an aromatic ring is 1. The Labute approximate surface area is 94.6 Å². The lowest BCUT2D eigenvalue weighted by atomic mass is 10.4. The van der Waals surface area contributed by atoms with Crippen LogP contribution in [0.1, 0.15) is 10.6 Å². The lowest BCUT2D eigenvalue weighted by Gasteiger charge is -2.02. The fourth-order valence-corrected chi connectivity index (χ4v) is 1.19. The molecule has 0 aliphatic carbocycles. The minimum absolute atomic E-state index is 0.0813. The van der Waals surface area contributed by atoms with Crippen LogP contribution in [0, 0.1) is 0 Å². The van der Waals surface area contributed by atoms with Crippen LogP contribution >= 0.6 is 0 Å². The van der Waals surface area contributed by atoms with Crippen molar-refractivity contribution in [2.24, 2.45) is 5.73 Å². The number of carbonyl (C=O) groups excluding carboxylic acids is 2. The SMILES string of the molecule is NCC(=O)NC(=O)c1nc(N)c2[nH]cnc2n1. The number of aromatic nitrogens is 4. The molecule has 9 nitrogen and oxygen atoms in total. The van der Waals surface area contributed by atoms with Crippen molar-refractivity contribution in [3.63, 3.8) is 0 Å². The zero-order valence-corrected chi connectivity index (χ0v) is 8.60. The van der Waals surface area contributed by atoms with Gasteiger partial charge in [-0.2, -0.15) is 0 Å². The van der Waals surface area contributed by atoms with Gasteiger partial charge in [0.05, 0.1) is 12.9 Å². The average Bonchev–Trinajstić information content (AvgIpc) is 2.77. The van der Waals surface area contributed by atoms with E-state index in [0.717, 1.165) is 0 Å². The molecule has 0 atom stereocenters. The molecule has 2 heterocycles. The molecular formula is C8H9N7O2. The summed E-state index contributed by atoms with van der Waals surface area (Å²) in [5.74, 6) is -1.54. The number of H-pyrrole nitrogens is 1. The Morgan fingerprint density at radius 1 is 1.41 bits per heavy atom. The van der Waals surface area contributed by atoms with Crippen LogP contribution in [0.15, 0.2) is 6.33 Å². The number of fused-ring (bicyclic) bond motifs is 1. The average molecular weight is 235 g/mol. The van der Waals surface area contributed by atoms with Crippen molar-refractivity contribution < 1.29 is 9.59 Å². The summed E-state index contributed by atoms with van der Waals surface area (Å²) >= 11 is 0. The van der Waals surface area contributed by atoms with Gasteiger partial charge in [-0.15, -0.1) is 0 Å². The second kappa shape index (κ2) is 4.14. The summed E-state index contributed by atoms with van der Waals surface area (Å²) in [5.41, 5.74) is 11.3. The number of rotatable bonds is 2. The minimum Gasteiger partial charge on any atom is -0.382 e. The van der Waals surface area contributed by atoms with Crippen molar-refractivity contribution in [2.45, 2.75) is 0 Å². The maximum absolute atomic E-state index is 11.5. The third-order valence-corrected chi connectivity index (χ3v) is 1.96. The van der Waals surface area contributed by atoms with Crippen LogP contribution in [-0.4, -0.2) is 38.3 Å². The minimum atomic E-state index is -0.767. The van der Waals surface area contributed by atoms with E-state index in [2.05, 4.69) is 19.9 Å². The summed E-state index contributed by atoms with van der Waals surface area (Å²) in [4.78, 5) is 36.6. The Kier molecular flexibility index (Phi) is 2.66. The molecule has 2 amide bonds. The molecule has 9 heteroatoms. The number of carbonyl (C=O) groups is 2. The molecule has 0 fully saturated rings. The Morgan fingerprint density at radius 2 is 2.18 bits per heavy atom. The predicted molar refractivity (Wildman–Crippen MR) is 57.6 cm³/mol. The highest BCUT2D eigenvalue weighted by atomic mass is 16.2. The van der Waals surface area contributed by atoms with Gasteiger partial charge in [0.1, 0.15) is 5.52 Å². The van der Waals surface area contributed by atoms with Gasteiger partial charge < -0.3 is 16.5 Å². The number of nitrogens with two attached hydrogens (primary N) is 2. The third kappa shape index (κ3) is 2.03. The van der Waals surface area contributed by atoms with Gasteiger partial charge in [-0.05, 0) is 0 Å². The summed E-state index contributed by atoms with van der Waals surface area (Å²) < 4.78 is 0. The van der Waals surface area contributed by atoms with Gasteiger partial charge in [0.25, 0.3) is 5.91 Å². The lowest BCUT2D eigenvalue weighted by molar-refractivity contribution is -0.118. The molecular weight excluding hydrogens is 226 g/mol. The molecule has 17 heavy (non-hydrogen) atoms. The van der Waals surface area contributed by atoms with E-state index in [1.54, 1.807) is 0 Å². The molecule has 0 bridgehead atoms. The number of hydrogen-bond acceptors (Lipinski definition) is 7. The third-order valence-electron chi connectivity index (χ3n) is 1.96. The number of imide groups is 1. The molecule has 2 rings (SSSR count). The highest BCUT2D eigenvalue weighted by molar-refractivity contribution is 6.04. The smallest absolute Gasteiger partial charge is 0.295 e. The lowest BCUT2D eigenvalue weighted by Crippen LogP contribution is -2.36. The summed E-state index contributed by atoms with van der Waals surface area (Å²) in [6.45, 7) is -0.300. The van der Waals surface area contributed by atoms with Crippen LogP contribution < -0.4 is 16.8 Å². The molecule has 0 aromatic carbocycles. The second-order valence-electron chi connectivity index (χ2n) is 3.12. The quantitative estimate of drug-likeness (QED) is 0.476. The van der Waals surface area contributed by atoms with Gasteiger partial charge in [-0.25, -0.2) is 15.0 Å². The number of anilines is 1. The highest BCUT2D eigenvalue weighted by Crippen LogP contribution is 2.12. The van der Waals surface area contributed by atoms with Gasteiger partial charge in [-0.3, -0.25) is 14.9 Å². The number of amides is 2. The number of hydrogen-bond donors (Lipinski definition) is 4. The van der Waals surface area contributed by atoms with Gasteiger partial charge in [-0.1, -0.05) is 0 Å². The molecule has 0 aliphatic rings. The summed E-state index contributed by atoms with van der Waals surface area (Å²) in [7, 11) is 0. The van der Waals surface area contributed by atoms with E-state index in [1.807, 2.05) is 5.32 Å². The normalized spacial score (nSPS) is 10.4. The fourth-order valence-electron chi connectivity index (χ4n) is 1.19. The van der Waals surface area contributed by atoms with E-state index in [9.17, 15) is 9.59 Å². The number of aromatic amines is 1. The first-order valence-electron chi connectivity index (χ1n) is 4.62. The molecule has 0 unspecified atom stereocenters. The topological polar surface area (TPSA) is 153 Å². The molecule has 6 N–H and O–H groups in total. The van der Waals surface area contributed by atoms with Crippen LogP contribution in [0.25, 0.3) is 11.2 Å². The maximum Gasteiger partial charge on any atom is 0.295 e. The standard InChI is InChI=1S/C8H9N7O2/c9-1-3(16)13-8(17)7-14-5(10)4-6(15-7)12-2-11-4/h2H,1,9H2,(H,13,16,17)(H3,10,11,12,14,15). The summed E-state index contributed by atoms with van der Waals surface area (Å²) in [5, 5.41) is 2.01. The van der Waals surface area contributed by atoms with Crippen molar-refractivity contribution in [3.05, 3.63) is 12.2 Å². The molecule has 0 spiro atoms. The van der Waals surface area contributed by atoms with Crippen LogP contribution in [0.4, 0.5) is 5.82 Å². The van der Waals surface area contributed by atoms with E-state index in [4.69, 9.17) is 11.5 Å². The zero-order valence-electron chi connectivity index (χ0n) is 8.60. The Morgan fingerprint density at radius 3 is 2.88 bits per heavy atom. The number of imidazole rings is 1. The van der Waals surface area contributed by atoms with Crippen molar-refractivity contribution >= 4 is 28.8 Å². The molecule has 0 aliphatic heterocycles. The van der Waals surface area contributed by atoms with Gasteiger partial charge in [0, 0.05) is 0 Å². The van der Waals surface area contributed by atoms with E-state index < -0.39 is 11.8 Å². The van der Waals surface area contributed by atoms with Gasteiger partial charge in [0.15, 0.2) is 11.5 Å². The Hall–Kier alpha value is -2.55. The first-order chi connectivity index (χ1) is 8.11. The number of nitrogens with one attached hydrogen (secondary N) is 2. The molecule has 0 saturated heterocycles. The maximum atomic E-state index is 11.5. The highest BCUT2D eigenvalue weighted by Gasteiger charge is 2.15. The van der Waals surface area contributed by atoms with Crippen molar-refractivity contribution in [3.8, 4) is 0 Å². The van der Waals surface area contributed by atoms with Crippen molar-refractivity contribution in [1.29, 1.82) is 0 Å². The Bertz CT molecular complexity index is 591. The van der Waals surface area contributed by atoms with Crippen molar-refractivity contribution in [2.75, 3.05) is 12.3 Å².